The maximum atomic E-state index is 12.9. The molecule has 2 N–H and O–H groups in total. The van der Waals surface area contributed by atoms with E-state index in [1.165, 1.54) is 18.2 Å². The molecule has 7 nitrogen and oxygen atoms in total. The number of ether oxygens (including phenoxy) is 2. The molecule has 0 spiro atoms. The summed E-state index contributed by atoms with van der Waals surface area (Å²) in [6.45, 7) is 4.84. The Morgan fingerprint density at radius 2 is 1.87 bits per heavy atom. The van der Waals surface area contributed by atoms with Crippen LogP contribution in [-0.2, 0) is 10.0 Å². The number of hydrogen-bond acceptors (Lipinski definition) is 5. The van der Waals surface area contributed by atoms with Crippen molar-refractivity contribution in [2.24, 2.45) is 5.92 Å². The molecule has 0 fully saturated rings. The topological polar surface area (TPSA) is 93.7 Å². The molecule has 30 heavy (non-hydrogen) atoms. The Hall–Kier alpha value is -3.02. The highest BCUT2D eigenvalue weighted by molar-refractivity contribution is 7.89. The van der Waals surface area contributed by atoms with Gasteiger partial charge in [-0.2, -0.15) is 4.72 Å². The minimum Gasteiger partial charge on any atom is -0.486 e. The third-order valence-corrected chi connectivity index (χ3v) is 6.05. The van der Waals surface area contributed by atoms with Gasteiger partial charge in [0.25, 0.3) is 5.91 Å². The zero-order valence-corrected chi connectivity index (χ0v) is 17.7. The molecule has 0 aromatic heterocycles. The van der Waals surface area contributed by atoms with E-state index in [4.69, 9.17) is 15.9 Å². The van der Waals surface area contributed by atoms with E-state index in [9.17, 15) is 13.2 Å². The summed E-state index contributed by atoms with van der Waals surface area (Å²) in [6.07, 6.45) is 5.12. The minimum atomic E-state index is -3.79. The van der Waals surface area contributed by atoms with Crippen LogP contribution >= 0.6 is 0 Å². The van der Waals surface area contributed by atoms with Gasteiger partial charge >= 0.3 is 0 Å². The van der Waals surface area contributed by atoms with Crippen LogP contribution in [0.25, 0.3) is 0 Å². The maximum Gasteiger partial charge on any atom is 0.251 e. The molecule has 1 unspecified atom stereocenters. The van der Waals surface area contributed by atoms with E-state index < -0.39 is 10.0 Å². The summed E-state index contributed by atoms with van der Waals surface area (Å²) < 4.78 is 38.1. The second-order valence-electron chi connectivity index (χ2n) is 7.15. The number of sulfonamides is 1. The first-order valence-corrected chi connectivity index (χ1v) is 11.0. The summed E-state index contributed by atoms with van der Waals surface area (Å²) in [7, 11) is -3.79. The van der Waals surface area contributed by atoms with Crippen LogP contribution in [0.3, 0.4) is 0 Å². The van der Waals surface area contributed by atoms with Gasteiger partial charge in [-0.1, -0.05) is 31.9 Å². The largest absolute Gasteiger partial charge is 0.486 e. The third-order valence-electron chi connectivity index (χ3n) is 4.65. The highest BCUT2D eigenvalue weighted by Crippen LogP contribution is 2.34. The second-order valence-corrected chi connectivity index (χ2v) is 8.92. The van der Waals surface area contributed by atoms with Crippen molar-refractivity contribution >= 4 is 15.9 Å². The van der Waals surface area contributed by atoms with Crippen LogP contribution in [0.15, 0.2) is 47.4 Å². The van der Waals surface area contributed by atoms with Crippen molar-refractivity contribution in [3.05, 3.63) is 53.6 Å². The molecule has 0 aliphatic carbocycles. The normalized spacial score (nSPS) is 14.1. The molecule has 1 aliphatic heterocycles. The van der Waals surface area contributed by atoms with Gasteiger partial charge in [-0.15, -0.1) is 6.42 Å². The zero-order chi connectivity index (χ0) is 21.7. The van der Waals surface area contributed by atoms with E-state index in [1.54, 1.807) is 6.07 Å². The van der Waals surface area contributed by atoms with Gasteiger partial charge in [0.2, 0.25) is 10.0 Å². The lowest BCUT2D eigenvalue weighted by Gasteiger charge is -2.25. The van der Waals surface area contributed by atoms with E-state index in [0.29, 0.717) is 24.7 Å². The summed E-state index contributed by atoms with van der Waals surface area (Å²) >= 11 is 0. The fraction of sp³-hybridized carbons (Fsp3) is 0.318. The van der Waals surface area contributed by atoms with Crippen LogP contribution in [0.2, 0.25) is 0 Å². The lowest BCUT2D eigenvalue weighted by Crippen LogP contribution is -2.32. The molecular weight excluding hydrogens is 404 g/mol. The van der Waals surface area contributed by atoms with Gasteiger partial charge < -0.3 is 14.8 Å². The van der Waals surface area contributed by atoms with Gasteiger partial charge in [0, 0.05) is 5.56 Å². The molecule has 3 rings (SSSR count). The lowest BCUT2D eigenvalue weighted by molar-refractivity contribution is 0.0925. The van der Waals surface area contributed by atoms with Crippen LogP contribution in [0, 0.1) is 18.3 Å². The predicted octanol–water partition coefficient (Wildman–Crippen LogP) is 2.50. The van der Waals surface area contributed by atoms with Gasteiger partial charge in [0.1, 0.15) is 13.2 Å². The van der Waals surface area contributed by atoms with Gasteiger partial charge in [-0.05, 0) is 41.8 Å². The van der Waals surface area contributed by atoms with Crippen molar-refractivity contribution in [3.8, 4) is 23.8 Å². The van der Waals surface area contributed by atoms with E-state index >= 15 is 0 Å². The minimum absolute atomic E-state index is 0.0224. The standard InChI is InChI=1S/C22H24N2O5S/c1-4-10-23-30(26,27)18-7-5-6-17(13-18)22(25)24-21(15(2)3)16-8-9-19-20(14-16)29-12-11-28-19/h1,5-9,13-15,21,23H,10-12H2,2-3H3,(H,24,25). The first-order chi connectivity index (χ1) is 14.3. The smallest absolute Gasteiger partial charge is 0.251 e. The Morgan fingerprint density at radius 1 is 1.13 bits per heavy atom. The van der Waals surface area contributed by atoms with Crippen LogP contribution in [0.1, 0.15) is 35.8 Å². The van der Waals surface area contributed by atoms with Gasteiger partial charge in [0.15, 0.2) is 11.5 Å². The maximum absolute atomic E-state index is 12.9. The summed E-state index contributed by atoms with van der Waals surface area (Å²) in [5, 5.41) is 2.99. The quantitative estimate of drug-likeness (QED) is 0.661. The van der Waals surface area contributed by atoms with E-state index in [2.05, 4.69) is 16.0 Å². The van der Waals surface area contributed by atoms with Crippen molar-refractivity contribution in [1.29, 1.82) is 0 Å². The van der Waals surface area contributed by atoms with Crippen molar-refractivity contribution in [2.75, 3.05) is 19.8 Å². The molecule has 158 valence electrons. The summed E-state index contributed by atoms with van der Waals surface area (Å²) in [6, 6.07) is 11.1. The molecule has 0 bridgehead atoms. The van der Waals surface area contributed by atoms with E-state index in [1.807, 2.05) is 32.0 Å². The fourth-order valence-electron chi connectivity index (χ4n) is 3.14. The van der Waals surface area contributed by atoms with Gasteiger partial charge in [0.05, 0.1) is 17.5 Å². The zero-order valence-electron chi connectivity index (χ0n) is 16.8. The molecule has 0 saturated heterocycles. The van der Waals surface area contributed by atoms with Crippen molar-refractivity contribution in [3.63, 3.8) is 0 Å². The molecule has 1 amide bonds. The fourth-order valence-corrected chi connectivity index (χ4v) is 4.12. The SMILES string of the molecule is C#CCNS(=O)(=O)c1cccc(C(=O)NC(c2ccc3c(c2)OCCO3)C(C)C)c1. The van der Waals surface area contributed by atoms with Crippen molar-refractivity contribution in [1.82, 2.24) is 10.0 Å². The monoisotopic (exact) mass is 428 g/mol. The Kier molecular flexibility index (Phi) is 6.65. The highest BCUT2D eigenvalue weighted by Gasteiger charge is 2.23. The van der Waals surface area contributed by atoms with Crippen LogP contribution in [0.4, 0.5) is 0 Å². The number of carbonyl (C=O) groups excluding carboxylic acids is 1. The molecule has 0 radical (unpaired) electrons. The third kappa shape index (κ3) is 4.93. The Labute approximate surface area is 176 Å². The number of benzene rings is 2. The number of nitrogens with one attached hydrogen (secondary N) is 2. The Morgan fingerprint density at radius 3 is 2.57 bits per heavy atom. The average Bonchev–Trinajstić information content (AvgIpc) is 2.75. The number of amides is 1. The molecule has 1 heterocycles. The first-order valence-electron chi connectivity index (χ1n) is 9.55. The Bertz CT molecular complexity index is 1070. The second kappa shape index (κ2) is 9.20. The van der Waals surface area contributed by atoms with E-state index in [0.717, 1.165) is 5.56 Å². The number of carbonyl (C=O) groups is 1. The predicted molar refractivity (Wildman–Crippen MR) is 113 cm³/mol. The summed E-state index contributed by atoms with van der Waals surface area (Å²) in [5.41, 5.74) is 1.11. The molecule has 8 heteroatoms. The number of fused-ring (bicyclic) bond motifs is 1. The summed E-state index contributed by atoms with van der Waals surface area (Å²) in [5.74, 6) is 3.25. The van der Waals surface area contributed by atoms with Crippen LogP contribution in [0.5, 0.6) is 11.5 Å². The molecule has 2 aromatic rings. The summed E-state index contributed by atoms with van der Waals surface area (Å²) in [4.78, 5) is 12.9. The first kappa shape index (κ1) is 21.7. The van der Waals surface area contributed by atoms with Gasteiger partial charge in [-0.3, -0.25) is 4.79 Å². The molecule has 0 saturated carbocycles. The highest BCUT2D eigenvalue weighted by atomic mass is 32.2. The molecule has 2 aromatic carbocycles. The molecular formula is C22H24N2O5S. The number of terminal acetylenes is 1. The van der Waals surface area contributed by atoms with Gasteiger partial charge in [-0.25, -0.2) is 8.42 Å². The van der Waals surface area contributed by atoms with Crippen molar-refractivity contribution < 1.29 is 22.7 Å². The van der Waals surface area contributed by atoms with Crippen molar-refractivity contribution in [2.45, 2.75) is 24.8 Å². The molecule has 1 atom stereocenters. The average molecular weight is 429 g/mol. The van der Waals surface area contributed by atoms with Crippen LogP contribution < -0.4 is 19.5 Å². The number of rotatable bonds is 7. The number of hydrogen-bond donors (Lipinski definition) is 2. The molecule has 1 aliphatic rings. The van der Waals surface area contributed by atoms with E-state index in [-0.39, 0.29) is 34.9 Å². The lowest BCUT2D eigenvalue weighted by atomic mass is 9.95. The van der Waals surface area contributed by atoms with Crippen LogP contribution in [-0.4, -0.2) is 34.1 Å². The Balaban J connectivity index is 1.83.